The highest BCUT2D eigenvalue weighted by Crippen LogP contribution is 2.28. The molecule has 0 radical (unpaired) electrons. The Morgan fingerprint density at radius 1 is 1.47 bits per heavy atom. The van der Waals surface area contributed by atoms with Crippen molar-refractivity contribution in [2.75, 3.05) is 5.73 Å². The lowest BCUT2D eigenvalue weighted by Gasteiger charge is -2.17. The topological polar surface area (TPSA) is 81.9 Å². The molecule has 0 aliphatic rings. The molecule has 0 aliphatic heterocycles. The van der Waals surface area contributed by atoms with E-state index in [0.29, 0.717) is 5.69 Å². The molecule has 1 aromatic heterocycles. The third-order valence-corrected chi connectivity index (χ3v) is 3.08. The highest BCUT2D eigenvalue weighted by atomic mass is 79.9. The lowest BCUT2D eigenvalue weighted by molar-refractivity contribution is 0.637. The van der Waals surface area contributed by atoms with E-state index in [9.17, 15) is 0 Å². The zero-order chi connectivity index (χ0) is 12.4. The second-order valence-corrected chi connectivity index (χ2v) is 4.74. The van der Waals surface area contributed by atoms with Crippen LogP contribution in [0.2, 0.25) is 0 Å². The zero-order valence-corrected chi connectivity index (χ0v) is 11.0. The molecule has 0 bridgehead atoms. The van der Waals surface area contributed by atoms with Crippen molar-refractivity contribution in [1.82, 2.24) is 15.2 Å². The molecule has 1 aromatic carbocycles. The number of nitrogens with two attached hydrogens (primary N) is 2. The van der Waals surface area contributed by atoms with E-state index in [4.69, 9.17) is 11.6 Å². The standard InChI is InChI=1S/C11H14BrN5/c1-17-6-7(5-15-17)11(16-14)9-4-8(12)2-3-10(9)13/h2-6,11,16H,13-14H2,1H3. The summed E-state index contributed by atoms with van der Waals surface area (Å²) in [7, 11) is 1.86. The lowest BCUT2D eigenvalue weighted by Crippen LogP contribution is -2.29. The molecule has 17 heavy (non-hydrogen) atoms. The summed E-state index contributed by atoms with van der Waals surface area (Å²) in [5.41, 5.74) is 11.3. The van der Waals surface area contributed by atoms with Crippen LogP contribution in [0.25, 0.3) is 0 Å². The number of aryl methyl sites for hydroxylation is 1. The summed E-state index contributed by atoms with van der Waals surface area (Å²) in [5, 5.41) is 4.13. The van der Waals surface area contributed by atoms with Crippen LogP contribution in [0.15, 0.2) is 35.1 Å². The number of anilines is 1. The molecule has 1 unspecified atom stereocenters. The summed E-state index contributed by atoms with van der Waals surface area (Å²) in [4.78, 5) is 0. The molecule has 0 aliphatic carbocycles. The highest BCUT2D eigenvalue weighted by Gasteiger charge is 2.16. The average molecular weight is 296 g/mol. The zero-order valence-electron chi connectivity index (χ0n) is 9.39. The van der Waals surface area contributed by atoms with E-state index < -0.39 is 0 Å². The second kappa shape index (κ2) is 4.87. The third kappa shape index (κ3) is 2.49. The van der Waals surface area contributed by atoms with Crippen molar-refractivity contribution in [2.45, 2.75) is 6.04 Å². The first kappa shape index (κ1) is 12.1. The van der Waals surface area contributed by atoms with Crippen molar-refractivity contribution in [3.05, 3.63) is 46.2 Å². The van der Waals surface area contributed by atoms with Crippen molar-refractivity contribution in [1.29, 1.82) is 0 Å². The van der Waals surface area contributed by atoms with Gasteiger partial charge in [-0.25, -0.2) is 5.43 Å². The van der Waals surface area contributed by atoms with Gasteiger partial charge in [-0.2, -0.15) is 5.10 Å². The number of aromatic nitrogens is 2. The van der Waals surface area contributed by atoms with Crippen molar-refractivity contribution >= 4 is 21.6 Å². The van der Waals surface area contributed by atoms with Crippen LogP contribution in [-0.2, 0) is 7.05 Å². The summed E-state index contributed by atoms with van der Waals surface area (Å²) in [5.74, 6) is 5.61. The molecule has 0 saturated heterocycles. The van der Waals surface area contributed by atoms with Gasteiger partial charge in [0.2, 0.25) is 0 Å². The molecule has 0 spiro atoms. The van der Waals surface area contributed by atoms with Crippen LogP contribution in [0.5, 0.6) is 0 Å². The van der Waals surface area contributed by atoms with Gasteiger partial charge >= 0.3 is 0 Å². The molecule has 2 rings (SSSR count). The normalized spacial score (nSPS) is 12.6. The molecular formula is C11H14BrN5. The maximum absolute atomic E-state index is 5.97. The Kier molecular flexibility index (Phi) is 3.46. The van der Waals surface area contributed by atoms with Crippen molar-refractivity contribution in [2.24, 2.45) is 12.9 Å². The number of benzene rings is 1. The number of hydrogen-bond acceptors (Lipinski definition) is 4. The van der Waals surface area contributed by atoms with Crippen LogP contribution in [0.3, 0.4) is 0 Å². The van der Waals surface area contributed by atoms with Gasteiger partial charge in [0, 0.05) is 29.0 Å². The van der Waals surface area contributed by atoms with Gasteiger partial charge < -0.3 is 5.73 Å². The fourth-order valence-electron chi connectivity index (χ4n) is 1.75. The van der Waals surface area contributed by atoms with Crippen molar-refractivity contribution in [3.8, 4) is 0 Å². The molecule has 0 saturated carbocycles. The maximum Gasteiger partial charge on any atom is 0.0761 e. The molecular weight excluding hydrogens is 282 g/mol. The summed E-state index contributed by atoms with van der Waals surface area (Å²) in [6, 6.07) is 5.53. The quantitative estimate of drug-likeness (QED) is 0.453. The van der Waals surface area contributed by atoms with Gasteiger partial charge in [-0.3, -0.25) is 10.5 Å². The van der Waals surface area contributed by atoms with Crippen LogP contribution in [0.1, 0.15) is 17.2 Å². The smallest absolute Gasteiger partial charge is 0.0761 e. The summed E-state index contributed by atoms with van der Waals surface area (Å²) in [6.07, 6.45) is 3.68. The summed E-state index contributed by atoms with van der Waals surface area (Å²) in [6.45, 7) is 0. The third-order valence-electron chi connectivity index (χ3n) is 2.58. The number of nitrogens with one attached hydrogen (secondary N) is 1. The molecule has 5 N–H and O–H groups in total. The predicted molar refractivity (Wildman–Crippen MR) is 70.9 cm³/mol. The molecule has 0 amide bonds. The van der Waals surface area contributed by atoms with E-state index in [1.165, 1.54) is 0 Å². The van der Waals surface area contributed by atoms with Gasteiger partial charge in [0.1, 0.15) is 0 Å². The fourth-order valence-corrected chi connectivity index (χ4v) is 2.13. The minimum Gasteiger partial charge on any atom is -0.398 e. The van der Waals surface area contributed by atoms with E-state index in [0.717, 1.165) is 15.6 Å². The Balaban J connectivity index is 2.45. The highest BCUT2D eigenvalue weighted by molar-refractivity contribution is 9.10. The first-order valence-electron chi connectivity index (χ1n) is 5.11. The molecule has 0 fully saturated rings. The van der Waals surface area contributed by atoms with Crippen LogP contribution >= 0.6 is 15.9 Å². The Morgan fingerprint density at radius 3 is 2.82 bits per heavy atom. The number of nitrogen functional groups attached to an aromatic ring is 1. The van der Waals surface area contributed by atoms with E-state index in [-0.39, 0.29) is 6.04 Å². The second-order valence-electron chi connectivity index (χ2n) is 3.82. The van der Waals surface area contributed by atoms with E-state index in [2.05, 4.69) is 26.5 Å². The Labute approximate surface area is 108 Å². The van der Waals surface area contributed by atoms with Gasteiger partial charge in [0.25, 0.3) is 0 Å². The average Bonchev–Trinajstić information content (AvgIpc) is 2.71. The number of hydrazine groups is 1. The van der Waals surface area contributed by atoms with Crippen molar-refractivity contribution < 1.29 is 0 Å². The molecule has 1 heterocycles. The minimum absolute atomic E-state index is 0.166. The van der Waals surface area contributed by atoms with Crippen molar-refractivity contribution in [3.63, 3.8) is 0 Å². The van der Waals surface area contributed by atoms with E-state index in [1.54, 1.807) is 10.9 Å². The van der Waals surface area contributed by atoms with Gasteiger partial charge in [-0.1, -0.05) is 15.9 Å². The van der Waals surface area contributed by atoms with Crippen LogP contribution in [0, 0.1) is 0 Å². The maximum atomic E-state index is 5.97. The fraction of sp³-hybridized carbons (Fsp3) is 0.182. The Bertz CT molecular complexity index is 522. The largest absolute Gasteiger partial charge is 0.398 e. The summed E-state index contributed by atoms with van der Waals surface area (Å²) >= 11 is 3.43. The monoisotopic (exact) mass is 295 g/mol. The molecule has 2 aromatic rings. The molecule has 90 valence electrons. The molecule has 6 heteroatoms. The first-order valence-corrected chi connectivity index (χ1v) is 5.90. The van der Waals surface area contributed by atoms with Gasteiger partial charge in [0.15, 0.2) is 0 Å². The SMILES string of the molecule is Cn1cc(C(NN)c2cc(Br)ccc2N)cn1. The predicted octanol–water partition coefficient (Wildman–Crippen LogP) is 1.32. The van der Waals surface area contributed by atoms with E-state index in [1.807, 2.05) is 31.4 Å². The van der Waals surface area contributed by atoms with Gasteiger partial charge in [-0.15, -0.1) is 0 Å². The Hall–Kier alpha value is -1.37. The van der Waals surface area contributed by atoms with Crippen LogP contribution < -0.4 is 17.0 Å². The first-order chi connectivity index (χ1) is 8.11. The van der Waals surface area contributed by atoms with Gasteiger partial charge in [0.05, 0.1) is 12.2 Å². The van der Waals surface area contributed by atoms with Gasteiger partial charge in [-0.05, 0) is 23.8 Å². The molecule has 1 atom stereocenters. The Morgan fingerprint density at radius 2 is 2.24 bits per heavy atom. The van der Waals surface area contributed by atoms with Crippen LogP contribution in [-0.4, -0.2) is 9.78 Å². The lowest BCUT2D eigenvalue weighted by atomic mass is 10.0. The number of rotatable bonds is 3. The van der Waals surface area contributed by atoms with Crippen LogP contribution in [0.4, 0.5) is 5.69 Å². The number of halogens is 1. The summed E-state index contributed by atoms with van der Waals surface area (Å²) < 4.78 is 2.69. The number of nitrogens with zero attached hydrogens (tertiary/aromatic N) is 2. The number of hydrogen-bond donors (Lipinski definition) is 3. The molecule has 5 nitrogen and oxygen atoms in total. The van der Waals surface area contributed by atoms with E-state index >= 15 is 0 Å². The minimum atomic E-state index is -0.166.